The van der Waals surface area contributed by atoms with E-state index >= 15 is 0 Å². The number of hydrogen-bond acceptors (Lipinski definition) is 6. The summed E-state index contributed by atoms with van der Waals surface area (Å²) < 4.78 is 6.44. The molecule has 3 aliphatic rings. The Morgan fingerprint density at radius 3 is 2.50 bits per heavy atom. The molecule has 3 aromatic rings. The maximum absolute atomic E-state index is 9.54. The fraction of sp³-hybridized carbons (Fsp3) is 0.500. The molecule has 2 unspecified atom stereocenters. The highest BCUT2D eigenvalue weighted by molar-refractivity contribution is 5.95. The molecular formula is C32H39N5O. The Balaban J connectivity index is 1.09. The number of hydrogen-bond donors (Lipinski definition) is 1. The van der Waals surface area contributed by atoms with Gasteiger partial charge in [0.1, 0.15) is 6.07 Å². The topological polar surface area (TPSA) is 64.4 Å². The first-order chi connectivity index (χ1) is 18.7. The zero-order valence-electron chi connectivity index (χ0n) is 22.5. The summed E-state index contributed by atoms with van der Waals surface area (Å²) in [5.41, 5.74) is 5.65. The van der Waals surface area contributed by atoms with Crippen molar-refractivity contribution in [3.63, 3.8) is 0 Å². The number of nitriles is 1. The minimum atomic E-state index is 0.159. The fourth-order valence-corrected chi connectivity index (χ4v) is 6.83. The summed E-state index contributed by atoms with van der Waals surface area (Å²) in [6, 6.07) is 19.8. The number of aromatic nitrogens is 1. The van der Waals surface area contributed by atoms with Crippen molar-refractivity contribution in [2.24, 2.45) is 0 Å². The van der Waals surface area contributed by atoms with Crippen LogP contribution in [0.3, 0.4) is 0 Å². The molecule has 6 heteroatoms. The van der Waals surface area contributed by atoms with Crippen LogP contribution < -0.4 is 10.2 Å². The smallest absolute Gasteiger partial charge is 0.101 e. The van der Waals surface area contributed by atoms with Crippen molar-refractivity contribution >= 4 is 16.6 Å². The van der Waals surface area contributed by atoms with Crippen LogP contribution >= 0.6 is 0 Å². The van der Waals surface area contributed by atoms with Gasteiger partial charge in [-0.05, 0) is 106 Å². The molecule has 38 heavy (non-hydrogen) atoms. The molecule has 6 nitrogen and oxygen atoms in total. The van der Waals surface area contributed by atoms with Crippen molar-refractivity contribution in [1.29, 1.82) is 5.26 Å². The van der Waals surface area contributed by atoms with E-state index in [4.69, 9.17) is 4.74 Å². The van der Waals surface area contributed by atoms with Gasteiger partial charge in [0.05, 0.1) is 23.3 Å². The fourth-order valence-electron chi connectivity index (χ4n) is 6.83. The van der Waals surface area contributed by atoms with Crippen LogP contribution in [0.1, 0.15) is 61.1 Å². The van der Waals surface area contributed by atoms with Gasteiger partial charge in [0.2, 0.25) is 0 Å². The second kappa shape index (κ2) is 11.4. The Kier molecular flexibility index (Phi) is 7.60. The molecule has 0 aliphatic carbocycles. The van der Waals surface area contributed by atoms with E-state index in [0.717, 1.165) is 62.4 Å². The van der Waals surface area contributed by atoms with Gasteiger partial charge in [0.15, 0.2) is 0 Å². The number of pyridine rings is 1. The Hall–Kier alpha value is -2.98. The molecule has 4 heterocycles. The highest BCUT2D eigenvalue weighted by Crippen LogP contribution is 2.33. The van der Waals surface area contributed by atoms with Gasteiger partial charge in [-0.25, -0.2) is 0 Å². The normalized spacial score (nSPS) is 23.9. The van der Waals surface area contributed by atoms with E-state index in [1.165, 1.54) is 31.2 Å². The van der Waals surface area contributed by atoms with E-state index in [0.29, 0.717) is 17.4 Å². The van der Waals surface area contributed by atoms with Crippen LogP contribution in [0, 0.1) is 11.3 Å². The van der Waals surface area contributed by atoms with Crippen LogP contribution in [0.2, 0.25) is 0 Å². The first-order valence-corrected chi connectivity index (χ1v) is 14.4. The summed E-state index contributed by atoms with van der Waals surface area (Å²) >= 11 is 0. The zero-order chi connectivity index (χ0) is 25.9. The minimum Gasteiger partial charge on any atom is -0.370 e. The van der Waals surface area contributed by atoms with E-state index < -0.39 is 0 Å². The number of ether oxygens (including phenoxy) is 1. The Morgan fingerprint density at radius 1 is 0.974 bits per heavy atom. The first-order valence-electron chi connectivity index (χ1n) is 14.4. The highest BCUT2D eigenvalue weighted by Gasteiger charge is 2.30. The maximum atomic E-state index is 9.54. The predicted octanol–water partition coefficient (Wildman–Crippen LogP) is 5.05. The van der Waals surface area contributed by atoms with Crippen LogP contribution in [0.25, 0.3) is 10.9 Å². The number of anilines is 1. The lowest BCUT2D eigenvalue weighted by molar-refractivity contribution is -0.0349. The van der Waals surface area contributed by atoms with Gasteiger partial charge < -0.3 is 19.9 Å². The molecular weight excluding hydrogens is 470 g/mol. The third kappa shape index (κ3) is 5.42. The van der Waals surface area contributed by atoms with Crippen molar-refractivity contribution in [2.45, 2.75) is 56.7 Å². The highest BCUT2D eigenvalue weighted by atomic mass is 16.5. The van der Waals surface area contributed by atoms with Crippen molar-refractivity contribution in [3.05, 3.63) is 71.4 Å². The van der Waals surface area contributed by atoms with Crippen molar-refractivity contribution in [2.75, 3.05) is 50.7 Å². The maximum Gasteiger partial charge on any atom is 0.101 e. The van der Waals surface area contributed by atoms with Gasteiger partial charge in [-0.3, -0.25) is 4.98 Å². The molecule has 0 saturated carbocycles. The monoisotopic (exact) mass is 509 g/mol. The molecule has 0 radical (unpaired) electrons. The van der Waals surface area contributed by atoms with Crippen LogP contribution in [-0.4, -0.2) is 67.9 Å². The molecule has 1 aromatic heterocycles. The molecule has 0 amide bonds. The number of rotatable bonds is 5. The molecule has 0 spiro atoms. The summed E-state index contributed by atoms with van der Waals surface area (Å²) in [6.45, 7) is 9.39. The second-order valence-corrected chi connectivity index (χ2v) is 11.4. The van der Waals surface area contributed by atoms with Gasteiger partial charge in [-0.15, -0.1) is 0 Å². The standard InChI is InChI=1S/C32H39N5O/c1-23-20-37(31-8-7-28(19-33)32-30(31)6-3-13-35-32)22-29(38-23)21-36-16-11-25(12-17-36)27-5-2-4-26(18-27)24-9-14-34-15-10-24/h2-8,13,18,23-25,29,34H,9-12,14-17,20-22H2,1H3. The Morgan fingerprint density at radius 2 is 1.74 bits per heavy atom. The van der Waals surface area contributed by atoms with Gasteiger partial charge in [0, 0.05) is 36.9 Å². The van der Waals surface area contributed by atoms with Crippen molar-refractivity contribution in [1.82, 2.24) is 15.2 Å². The zero-order valence-corrected chi connectivity index (χ0v) is 22.5. The number of piperidine rings is 2. The van der Waals surface area contributed by atoms with Crippen LogP contribution in [0.5, 0.6) is 0 Å². The van der Waals surface area contributed by atoms with E-state index in [-0.39, 0.29) is 12.2 Å². The average molecular weight is 510 g/mol. The molecule has 2 atom stereocenters. The molecule has 3 aliphatic heterocycles. The lowest BCUT2D eigenvalue weighted by atomic mass is 9.84. The summed E-state index contributed by atoms with van der Waals surface area (Å²) in [5.74, 6) is 1.38. The summed E-state index contributed by atoms with van der Waals surface area (Å²) in [7, 11) is 0. The summed E-state index contributed by atoms with van der Waals surface area (Å²) in [6.07, 6.45) is 7.04. The number of benzene rings is 2. The minimum absolute atomic E-state index is 0.159. The number of nitrogens with zero attached hydrogens (tertiary/aromatic N) is 4. The Labute approximate surface area is 226 Å². The third-order valence-electron chi connectivity index (χ3n) is 8.78. The van der Waals surface area contributed by atoms with Gasteiger partial charge in [-0.1, -0.05) is 24.3 Å². The predicted molar refractivity (Wildman–Crippen MR) is 153 cm³/mol. The summed E-state index contributed by atoms with van der Waals surface area (Å²) in [4.78, 5) is 9.55. The van der Waals surface area contributed by atoms with E-state index in [9.17, 15) is 5.26 Å². The second-order valence-electron chi connectivity index (χ2n) is 11.4. The molecule has 0 bridgehead atoms. The van der Waals surface area contributed by atoms with Gasteiger partial charge in [-0.2, -0.15) is 5.26 Å². The quantitative estimate of drug-likeness (QED) is 0.520. The average Bonchev–Trinajstić information content (AvgIpc) is 2.97. The number of nitrogens with one attached hydrogen (secondary N) is 1. The van der Waals surface area contributed by atoms with Crippen LogP contribution in [-0.2, 0) is 4.74 Å². The van der Waals surface area contributed by atoms with Crippen molar-refractivity contribution in [3.8, 4) is 6.07 Å². The lowest BCUT2D eigenvalue weighted by Gasteiger charge is -2.41. The molecule has 2 aromatic carbocycles. The molecule has 3 fully saturated rings. The molecule has 3 saturated heterocycles. The molecule has 1 N–H and O–H groups in total. The van der Waals surface area contributed by atoms with E-state index in [2.05, 4.69) is 69.5 Å². The third-order valence-corrected chi connectivity index (χ3v) is 8.78. The van der Waals surface area contributed by atoms with E-state index in [1.807, 2.05) is 12.1 Å². The lowest BCUT2D eigenvalue weighted by Crippen LogP contribution is -2.51. The first kappa shape index (κ1) is 25.3. The summed E-state index contributed by atoms with van der Waals surface area (Å²) in [5, 5.41) is 14.1. The number of likely N-dealkylation sites (tertiary alicyclic amines) is 1. The van der Waals surface area contributed by atoms with Crippen LogP contribution in [0.4, 0.5) is 5.69 Å². The molecule has 198 valence electrons. The van der Waals surface area contributed by atoms with Gasteiger partial charge in [0.25, 0.3) is 0 Å². The van der Waals surface area contributed by atoms with Crippen LogP contribution in [0.15, 0.2) is 54.7 Å². The Bertz CT molecular complexity index is 1290. The van der Waals surface area contributed by atoms with Gasteiger partial charge >= 0.3 is 0 Å². The largest absolute Gasteiger partial charge is 0.370 e. The van der Waals surface area contributed by atoms with Crippen molar-refractivity contribution < 1.29 is 4.74 Å². The number of fused-ring (bicyclic) bond motifs is 1. The number of morpholine rings is 1. The van der Waals surface area contributed by atoms with E-state index in [1.54, 1.807) is 11.8 Å². The molecule has 6 rings (SSSR count). The SMILES string of the molecule is CC1CN(c2ccc(C#N)c3ncccc23)CC(CN2CCC(c3cccc(C4CCNCC4)c3)CC2)O1.